The Morgan fingerprint density at radius 3 is 2.93 bits per heavy atom. The maximum atomic E-state index is 5.87. The van der Waals surface area contributed by atoms with Gasteiger partial charge in [0.15, 0.2) is 0 Å². The van der Waals surface area contributed by atoms with Crippen molar-refractivity contribution in [2.75, 3.05) is 10.2 Å². The van der Waals surface area contributed by atoms with E-state index in [9.17, 15) is 0 Å². The second-order valence-electron chi connectivity index (χ2n) is 3.09. The van der Waals surface area contributed by atoms with E-state index >= 15 is 0 Å². The van der Waals surface area contributed by atoms with Crippen molar-refractivity contribution in [1.29, 1.82) is 0 Å². The van der Waals surface area contributed by atoms with Crippen molar-refractivity contribution in [2.24, 2.45) is 0 Å². The number of anilines is 1. The molecule has 0 aliphatic carbocycles. The third kappa shape index (κ3) is 2.50. The first-order chi connectivity index (χ1) is 7.29. The third-order valence-corrected chi connectivity index (χ3v) is 4.23. The normalized spacial score (nSPS) is 10.7. The van der Waals surface area contributed by atoms with Crippen LogP contribution in [0.2, 0.25) is 0 Å². The van der Waals surface area contributed by atoms with E-state index in [1.165, 1.54) is 8.00 Å². The van der Waals surface area contributed by atoms with E-state index in [4.69, 9.17) is 5.73 Å². The van der Waals surface area contributed by atoms with Crippen molar-refractivity contribution in [1.82, 2.24) is 9.78 Å². The van der Waals surface area contributed by atoms with Crippen LogP contribution in [0.4, 0.5) is 5.69 Å². The van der Waals surface area contributed by atoms with E-state index in [-0.39, 0.29) is 21.2 Å². The summed E-state index contributed by atoms with van der Waals surface area (Å²) in [7, 11) is 0. The molecule has 1 heterocycles. The van der Waals surface area contributed by atoms with Gasteiger partial charge in [-0.3, -0.25) is 0 Å². The summed E-state index contributed by atoms with van der Waals surface area (Å²) in [6.45, 7) is 2.21. The van der Waals surface area contributed by atoms with E-state index in [0.717, 1.165) is 11.4 Å². The van der Waals surface area contributed by atoms with Crippen LogP contribution in [0.25, 0.3) is 5.69 Å². The van der Waals surface area contributed by atoms with Gasteiger partial charge in [-0.05, 0) is 0 Å². The van der Waals surface area contributed by atoms with Crippen LogP contribution in [-0.2, 0) is 0 Å². The summed E-state index contributed by atoms with van der Waals surface area (Å²) >= 11 is 0.0980. The maximum absolute atomic E-state index is 5.87. The summed E-state index contributed by atoms with van der Waals surface area (Å²) in [6, 6.07) is 8.12. The Balaban J connectivity index is 2.40. The minimum atomic E-state index is 0.0980. The third-order valence-electron chi connectivity index (χ3n) is 1.96. The number of nitrogen functional groups attached to an aromatic ring is 1. The molecule has 0 unspecified atom stereocenters. The predicted molar refractivity (Wildman–Crippen MR) is 57.2 cm³/mol. The monoisotopic (exact) mass is 314 g/mol. The molecule has 0 aliphatic rings. The molecular weight excluding hydrogens is 301 g/mol. The molecule has 0 spiro atoms. The van der Waals surface area contributed by atoms with E-state index < -0.39 is 0 Å². The van der Waals surface area contributed by atoms with Gasteiger partial charge in [-0.1, -0.05) is 0 Å². The van der Waals surface area contributed by atoms with Crippen molar-refractivity contribution in [3.8, 4) is 5.69 Å². The van der Waals surface area contributed by atoms with Crippen molar-refractivity contribution < 1.29 is 21.2 Å². The molecule has 0 radical (unpaired) electrons. The molecule has 0 amide bonds. The minimum absolute atomic E-state index is 0.0980. The van der Waals surface area contributed by atoms with Crippen molar-refractivity contribution in [2.45, 2.75) is 6.92 Å². The Morgan fingerprint density at radius 1 is 1.40 bits per heavy atom. The Kier molecular flexibility index (Phi) is 3.25. The number of alkyl halides is 1. The zero-order valence-electron chi connectivity index (χ0n) is 8.52. The van der Waals surface area contributed by atoms with Crippen molar-refractivity contribution >= 4 is 5.69 Å². The predicted octanol–water partition coefficient (Wildman–Crippen LogP) is -1.27. The average Bonchev–Trinajstić information content (AvgIpc) is 2.70. The van der Waals surface area contributed by atoms with Crippen LogP contribution in [0, 0.1) is 3.57 Å². The summed E-state index contributed by atoms with van der Waals surface area (Å²) in [6.07, 6.45) is 3.71. The van der Waals surface area contributed by atoms with Gasteiger partial charge in [0.2, 0.25) is 0 Å². The Bertz CT molecular complexity index is 437. The molecule has 1 aromatic heterocycles. The summed E-state index contributed by atoms with van der Waals surface area (Å²) in [4.78, 5) is 0. The van der Waals surface area contributed by atoms with Gasteiger partial charge in [0, 0.05) is 0 Å². The number of hydrogen-bond acceptors (Lipinski definition) is 2. The van der Waals surface area contributed by atoms with E-state index in [1.807, 2.05) is 23.0 Å². The van der Waals surface area contributed by atoms with Crippen LogP contribution in [0.1, 0.15) is 6.92 Å². The molecule has 80 valence electrons. The molecule has 2 N–H and O–H groups in total. The van der Waals surface area contributed by atoms with Crippen LogP contribution < -0.4 is 26.9 Å². The van der Waals surface area contributed by atoms with E-state index in [2.05, 4.69) is 24.2 Å². The zero-order chi connectivity index (χ0) is 10.7. The molecule has 4 heteroatoms. The standard InChI is InChI=1S/C11H13IN3/c1-2-12-9-6-10(13)8-11(7-9)15-5-3-4-14-15/h3-8H,2,13H2,1H3/q-1. The van der Waals surface area contributed by atoms with E-state index in [0.29, 0.717) is 0 Å². The number of nitrogens with zero attached hydrogens (tertiary/aromatic N) is 2. The summed E-state index contributed by atoms with van der Waals surface area (Å²) < 4.78 is 4.46. The Hall–Kier alpha value is -1.04. The number of nitrogens with two attached hydrogens (primary N) is 1. The number of aromatic nitrogens is 2. The van der Waals surface area contributed by atoms with Gasteiger partial charge < -0.3 is 0 Å². The number of hydrogen-bond donors (Lipinski definition) is 1. The van der Waals surface area contributed by atoms with Gasteiger partial charge in [-0.15, -0.1) is 0 Å². The van der Waals surface area contributed by atoms with Gasteiger partial charge in [0.05, 0.1) is 0 Å². The van der Waals surface area contributed by atoms with Crippen LogP contribution in [0.3, 0.4) is 0 Å². The fraction of sp³-hybridized carbons (Fsp3) is 0.182. The Morgan fingerprint density at radius 2 is 2.27 bits per heavy atom. The molecule has 1 aromatic carbocycles. The summed E-state index contributed by atoms with van der Waals surface area (Å²) in [5.41, 5.74) is 7.76. The zero-order valence-corrected chi connectivity index (χ0v) is 10.7. The fourth-order valence-electron chi connectivity index (χ4n) is 1.38. The molecule has 0 saturated carbocycles. The molecule has 0 atom stereocenters. The van der Waals surface area contributed by atoms with Gasteiger partial charge in [-0.2, -0.15) is 0 Å². The number of rotatable bonds is 3. The van der Waals surface area contributed by atoms with Crippen molar-refractivity contribution in [3.05, 3.63) is 40.2 Å². The van der Waals surface area contributed by atoms with Gasteiger partial charge in [0.25, 0.3) is 0 Å². The molecular formula is C11H13IN3-. The first kappa shape index (κ1) is 10.5. The molecule has 0 fully saturated rings. The second-order valence-corrected chi connectivity index (χ2v) is 6.63. The number of benzene rings is 1. The summed E-state index contributed by atoms with van der Waals surface area (Å²) in [5, 5.41) is 4.20. The van der Waals surface area contributed by atoms with Crippen LogP contribution >= 0.6 is 0 Å². The molecule has 0 aliphatic heterocycles. The number of halogens is 1. The molecule has 0 bridgehead atoms. The van der Waals surface area contributed by atoms with Crippen LogP contribution in [-0.4, -0.2) is 14.2 Å². The molecule has 0 saturated heterocycles. The van der Waals surface area contributed by atoms with Crippen LogP contribution in [0.15, 0.2) is 36.7 Å². The topological polar surface area (TPSA) is 43.8 Å². The molecule has 2 aromatic rings. The first-order valence-electron chi connectivity index (χ1n) is 4.79. The summed E-state index contributed by atoms with van der Waals surface area (Å²) in [5.74, 6) is 0. The molecule has 3 nitrogen and oxygen atoms in total. The molecule has 2 rings (SSSR count). The second kappa shape index (κ2) is 4.65. The van der Waals surface area contributed by atoms with Gasteiger partial charge in [-0.25, -0.2) is 0 Å². The Labute approximate surface area is 99.6 Å². The fourth-order valence-corrected chi connectivity index (χ4v) is 3.38. The first-order valence-corrected chi connectivity index (χ1v) is 7.40. The average molecular weight is 314 g/mol. The van der Waals surface area contributed by atoms with Crippen LogP contribution in [0.5, 0.6) is 0 Å². The molecule has 15 heavy (non-hydrogen) atoms. The van der Waals surface area contributed by atoms with Crippen molar-refractivity contribution in [3.63, 3.8) is 0 Å². The van der Waals surface area contributed by atoms with E-state index in [1.54, 1.807) is 6.20 Å². The van der Waals surface area contributed by atoms with Gasteiger partial charge >= 0.3 is 99.7 Å². The van der Waals surface area contributed by atoms with Gasteiger partial charge in [0.1, 0.15) is 0 Å². The quantitative estimate of drug-likeness (QED) is 0.436. The SMILES string of the molecule is CC[I-]c1cc(N)cc(-n2cccn2)c1.